The monoisotopic (exact) mass is 500 g/mol. The van der Waals surface area contributed by atoms with E-state index >= 15 is 0 Å². The molecule has 4 atom stereocenters. The van der Waals surface area contributed by atoms with Crippen molar-refractivity contribution in [3.63, 3.8) is 0 Å². The maximum atomic E-state index is 13.7. The van der Waals surface area contributed by atoms with E-state index in [0.29, 0.717) is 40.7 Å². The molecule has 1 heterocycles. The molecule has 1 aromatic carbocycles. The Morgan fingerprint density at radius 1 is 1.17 bits per heavy atom. The van der Waals surface area contributed by atoms with Gasteiger partial charge in [0.2, 0.25) is 11.8 Å². The molecule has 0 spiro atoms. The lowest BCUT2D eigenvalue weighted by atomic mass is 9.77. The largest absolute Gasteiger partial charge is 0.493 e. The van der Waals surface area contributed by atoms with Gasteiger partial charge >= 0.3 is 0 Å². The molecule has 2 saturated carbocycles. The van der Waals surface area contributed by atoms with Crippen molar-refractivity contribution >= 4 is 11.8 Å². The van der Waals surface area contributed by atoms with Crippen LogP contribution < -0.4 is 14.8 Å². The van der Waals surface area contributed by atoms with Gasteiger partial charge < -0.3 is 35.0 Å². The highest BCUT2D eigenvalue weighted by Gasteiger charge is 2.52. The van der Waals surface area contributed by atoms with Crippen LogP contribution in [0.5, 0.6) is 11.5 Å². The summed E-state index contributed by atoms with van der Waals surface area (Å²) in [6.45, 7) is 0.221. The molecule has 0 aromatic heterocycles. The lowest BCUT2D eigenvalue weighted by Gasteiger charge is -2.41. The van der Waals surface area contributed by atoms with Crippen LogP contribution in [0.25, 0.3) is 0 Å². The average molecular weight is 501 g/mol. The van der Waals surface area contributed by atoms with E-state index in [2.05, 4.69) is 5.32 Å². The second-order valence-electron chi connectivity index (χ2n) is 10.4. The van der Waals surface area contributed by atoms with Gasteiger partial charge in [-0.3, -0.25) is 9.59 Å². The van der Waals surface area contributed by atoms with Gasteiger partial charge in [0.05, 0.1) is 32.3 Å². The highest BCUT2D eigenvalue weighted by atomic mass is 16.5. The molecule has 2 fully saturated rings. The predicted molar refractivity (Wildman–Crippen MR) is 130 cm³/mol. The fraction of sp³-hybridized carbons (Fsp3) is 0.630. The second kappa shape index (κ2) is 10.4. The van der Waals surface area contributed by atoms with Crippen LogP contribution in [0.2, 0.25) is 0 Å². The van der Waals surface area contributed by atoms with Gasteiger partial charge in [0.25, 0.3) is 0 Å². The zero-order valence-corrected chi connectivity index (χ0v) is 20.7. The van der Waals surface area contributed by atoms with Crippen LogP contribution in [-0.2, 0) is 16.2 Å². The molecule has 9 heteroatoms. The minimum Gasteiger partial charge on any atom is -0.493 e. The van der Waals surface area contributed by atoms with Crippen LogP contribution in [0.3, 0.4) is 0 Å². The van der Waals surface area contributed by atoms with Crippen molar-refractivity contribution in [2.75, 3.05) is 26.8 Å². The number of carbonyl (C=O) groups is 2. The Balaban J connectivity index is 1.56. The Bertz CT molecular complexity index is 1030. The van der Waals surface area contributed by atoms with Crippen LogP contribution >= 0.6 is 0 Å². The zero-order valence-electron chi connectivity index (χ0n) is 20.7. The van der Waals surface area contributed by atoms with Crippen LogP contribution in [0.1, 0.15) is 55.6 Å². The third-order valence-electron chi connectivity index (χ3n) is 7.99. The number of hydrogen-bond donors (Lipinski definition) is 4. The molecule has 9 nitrogen and oxygen atoms in total. The van der Waals surface area contributed by atoms with Crippen molar-refractivity contribution in [1.82, 2.24) is 10.2 Å². The molecule has 5 rings (SSSR count). The van der Waals surface area contributed by atoms with Crippen molar-refractivity contribution in [1.29, 1.82) is 0 Å². The Kier molecular flexibility index (Phi) is 7.23. The smallest absolute Gasteiger partial charge is 0.247 e. The van der Waals surface area contributed by atoms with Crippen molar-refractivity contribution in [3.8, 4) is 11.5 Å². The number of aliphatic hydroxyl groups is 3. The first kappa shape index (κ1) is 25.0. The van der Waals surface area contributed by atoms with E-state index in [1.165, 1.54) is 7.11 Å². The molecule has 1 aromatic rings. The van der Waals surface area contributed by atoms with Gasteiger partial charge in [0, 0.05) is 30.1 Å². The summed E-state index contributed by atoms with van der Waals surface area (Å²) in [5.41, 5.74) is 1.65. The second-order valence-corrected chi connectivity index (χ2v) is 10.4. The number of methoxy groups -OCH3 is 1. The third-order valence-corrected chi connectivity index (χ3v) is 7.99. The normalized spacial score (nSPS) is 27.1. The molecule has 4 aliphatic rings. The number of rotatable bonds is 9. The number of nitrogens with zero attached hydrogens (tertiary/aromatic N) is 1. The Morgan fingerprint density at radius 2 is 1.92 bits per heavy atom. The number of amides is 2. The molecule has 3 aliphatic carbocycles. The lowest BCUT2D eigenvalue weighted by molar-refractivity contribution is -0.141. The highest BCUT2D eigenvalue weighted by Crippen LogP contribution is 2.51. The first-order valence-corrected chi connectivity index (χ1v) is 13.0. The number of fused-ring (bicyclic) bond motifs is 3. The fourth-order valence-electron chi connectivity index (χ4n) is 5.96. The summed E-state index contributed by atoms with van der Waals surface area (Å²) in [6, 6.07) is 2.75. The number of carbonyl (C=O) groups excluding carboxylic acids is 2. The maximum Gasteiger partial charge on any atom is 0.247 e. The Morgan fingerprint density at radius 3 is 2.56 bits per heavy atom. The average Bonchev–Trinajstić information content (AvgIpc) is 3.38. The van der Waals surface area contributed by atoms with Gasteiger partial charge in [0.15, 0.2) is 11.5 Å². The molecule has 0 bridgehead atoms. The predicted octanol–water partition coefficient (Wildman–Crippen LogP) is 1.24. The fourth-order valence-corrected chi connectivity index (χ4v) is 5.96. The summed E-state index contributed by atoms with van der Waals surface area (Å²) < 4.78 is 11.8. The molecular formula is C27H36N2O7. The summed E-state index contributed by atoms with van der Waals surface area (Å²) in [4.78, 5) is 28.8. The standard InChI is InChI=1S/C27H36N2O7/c1-35-21-11-16(14-31)10-18-22-19(26(33)28-8-9-30)12-20(23(32)25(22)36-24(18)21)29(13-15-6-7-15)27(34)17-4-2-3-5-17/h10-12,15,17,20,22-23,25,30-32H,2-9,13-14H2,1H3,(H,28,33). The number of hydrogen-bond acceptors (Lipinski definition) is 7. The molecule has 0 radical (unpaired) electrons. The van der Waals surface area contributed by atoms with E-state index < -0.39 is 24.2 Å². The summed E-state index contributed by atoms with van der Waals surface area (Å²) in [5.74, 6) is 0.277. The van der Waals surface area contributed by atoms with Gasteiger partial charge in [-0.2, -0.15) is 0 Å². The van der Waals surface area contributed by atoms with Crippen molar-refractivity contribution in [2.45, 2.75) is 69.3 Å². The van der Waals surface area contributed by atoms with Crippen molar-refractivity contribution < 1.29 is 34.4 Å². The van der Waals surface area contributed by atoms with Crippen LogP contribution in [-0.4, -0.2) is 77.1 Å². The van der Waals surface area contributed by atoms with E-state index in [-0.39, 0.29) is 37.5 Å². The summed E-state index contributed by atoms with van der Waals surface area (Å²) >= 11 is 0. The molecule has 4 N–H and O–H groups in total. The molecular weight excluding hydrogens is 464 g/mol. The Hall–Kier alpha value is -2.62. The highest BCUT2D eigenvalue weighted by molar-refractivity contribution is 5.96. The minimum absolute atomic E-state index is 0.0453. The molecule has 4 unspecified atom stereocenters. The van der Waals surface area contributed by atoms with E-state index in [4.69, 9.17) is 9.47 Å². The summed E-state index contributed by atoms with van der Waals surface area (Å²) in [6.07, 6.45) is 5.75. The van der Waals surface area contributed by atoms with E-state index in [9.17, 15) is 24.9 Å². The lowest BCUT2D eigenvalue weighted by Crippen LogP contribution is -2.57. The van der Waals surface area contributed by atoms with E-state index in [1.54, 1.807) is 23.1 Å². The van der Waals surface area contributed by atoms with Crippen LogP contribution in [0.4, 0.5) is 0 Å². The van der Waals surface area contributed by atoms with E-state index in [0.717, 1.165) is 38.5 Å². The molecule has 36 heavy (non-hydrogen) atoms. The number of benzene rings is 1. The topological polar surface area (TPSA) is 129 Å². The quantitative estimate of drug-likeness (QED) is 0.402. The van der Waals surface area contributed by atoms with Crippen molar-refractivity contribution in [3.05, 3.63) is 34.9 Å². The first-order chi connectivity index (χ1) is 17.5. The molecule has 2 amide bonds. The maximum absolute atomic E-state index is 13.7. The summed E-state index contributed by atoms with van der Waals surface area (Å²) in [5, 5.41) is 33.5. The number of nitrogens with one attached hydrogen (secondary N) is 1. The van der Waals surface area contributed by atoms with Gasteiger partial charge in [-0.1, -0.05) is 12.8 Å². The minimum atomic E-state index is -1.05. The zero-order chi connectivity index (χ0) is 25.4. The third kappa shape index (κ3) is 4.60. The first-order valence-electron chi connectivity index (χ1n) is 13.0. The number of ether oxygens (including phenoxy) is 2. The van der Waals surface area contributed by atoms with Gasteiger partial charge in [0.1, 0.15) is 12.2 Å². The van der Waals surface area contributed by atoms with E-state index in [1.807, 2.05) is 0 Å². The number of aliphatic hydroxyl groups excluding tert-OH is 3. The molecule has 1 aliphatic heterocycles. The molecule has 0 saturated heterocycles. The SMILES string of the molecule is COc1cc(CO)cc2c1OC1C2C(C(=O)NCCO)=CC(N(CC2CC2)C(=O)C2CCCC2)C1O. The van der Waals surface area contributed by atoms with Gasteiger partial charge in [-0.25, -0.2) is 0 Å². The van der Waals surface area contributed by atoms with Crippen molar-refractivity contribution in [2.24, 2.45) is 11.8 Å². The summed E-state index contributed by atoms with van der Waals surface area (Å²) in [7, 11) is 1.50. The van der Waals surface area contributed by atoms with Crippen LogP contribution in [0.15, 0.2) is 23.8 Å². The van der Waals surface area contributed by atoms with Gasteiger partial charge in [-0.05, 0) is 55.4 Å². The van der Waals surface area contributed by atoms with Gasteiger partial charge in [-0.15, -0.1) is 0 Å². The molecule has 196 valence electrons. The Labute approximate surface area is 211 Å². The van der Waals surface area contributed by atoms with Crippen LogP contribution in [0, 0.1) is 11.8 Å².